The predicted molar refractivity (Wildman–Crippen MR) is 237 cm³/mol. The van der Waals surface area contributed by atoms with Crippen LogP contribution in [0.5, 0.6) is 0 Å². The predicted octanol–water partition coefficient (Wildman–Crippen LogP) is 20.1. The van der Waals surface area contributed by atoms with Crippen molar-refractivity contribution >= 4 is 92.8 Å². The van der Waals surface area contributed by atoms with Gasteiger partial charge >= 0.3 is 0 Å². The van der Waals surface area contributed by atoms with Crippen LogP contribution in [0.2, 0.25) is 0 Å². The van der Waals surface area contributed by atoms with Crippen LogP contribution < -0.4 is 0 Å². The summed E-state index contributed by atoms with van der Waals surface area (Å²) >= 11 is 46.9. The van der Waals surface area contributed by atoms with Crippen molar-refractivity contribution in [2.75, 3.05) is 0 Å². The maximum Gasteiger partial charge on any atom is 0.118 e. The van der Waals surface area contributed by atoms with Gasteiger partial charge in [-0.1, -0.05) is 217 Å². The van der Waals surface area contributed by atoms with Gasteiger partial charge in [-0.2, -0.15) is 0 Å². The van der Waals surface area contributed by atoms with E-state index in [-0.39, 0.29) is 4.84 Å². The third kappa shape index (κ3) is 55.1. The molecule has 0 atom stereocenters. The van der Waals surface area contributed by atoms with Crippen LogP contribution >= 0.6 is 92.8 Å². The summed E-state index contributed by atoms with van der Waals surface area (Å²) in [6, 6.07) is 0. The Bertz CT molecular complexity index is 400. The number of alkyl halides is 8. The third-order valence-electron chi connectivity index (χ3n) is 7.54. The molecule has 48 heavy (non-hydrogen) atoms. The quantitative estimate of drug-likeness (QED) is 0.0671. The van der Waals surface area contributed by atoms with Gasteiger partial charge in [0.25, 0.3) is 0 Å². The zero-order valence-corrected chi connectivity index (χ0v) is 39.6. The summed E-state index contributed by atoms with van der Waals surface area (Å²) in [7, 11) is 0. The van der Waals surface area contributed by atoms with Gasteiger partial charge in [-0.15, -0.1) is 92.8 Å². The molecule has 300 valence electrons. The number of halogens is 8. The fraction of sp³-hybridized carbons (Fsp3) is 1.00. The summed E-state index contributed by atoms with van der Waals surface area (Å²) in [5.41, 5.74) is -0.934. The van der Waals surface area contributed by atoms with E-state index < -0.39 is 19.9 Å². The summed E-state index contributed by atoms with van der Waals surface area (Å²) in [5, 5.41) is 0. The van der Waals surface area contributed by atoms with Crippen LogP contribution in [0.15, 0.2) is 0 Å². The topological polar surface area (TPSA) is 0 Å². The highest BCUT2D eigenvalue weighted by Crippen LogP contribution is 2.49. The van der Waals surface area contributed by atoms with E-state index in [1.165, 1.54) is 128 Å². The van der Waals surface area contributed by atoms with Crippen LogP contribution in [0.4, 0.5) is 0 Å². The average molecular weight is 849 g/mol. The van der Waals surface area contributed by atoms with E-state index in [0.717, 1.165) is 25.7 Å². The van der Waals surface area contributed by atoms with E-state index in [1.807, 2.05) is 0 Å². The molecule has 0 amide bonds. The fourth-order valence-electron chi connectivity index (χ4n) is 4.02. The van der Waals surface area contributed by atoms with Gasteiger partial charge in [-0.3, -0.25) is 0 Å². The van der Waals surface area contributed by atoms with Crippen molar-refractivity contribution in [1.29, 1.82) is 0 Å². The van der Waals surface area contributed by atoms with Crippen LogP contribution in [0.25, 0.3) is 0 Å². The van der Waals surface area contributed by atoms with Gasteiger partial charge in [0.05, 0.1) is 5.41 Å². The molecule has 0 bridgehead atoms. The van der Waals surface area contributed by atoms with Crippen LogP contribution in [-0.2, 0) is 0 Å². The zero-order valence-electron chi connectivity index (χ0n) is 33.5. The first kappa shape index (κ1) is 62.3. The lowest BCUT2D eigenvalue weighted by Crippen LogP contribution is -2.41. The number of hydrogen-bond acceptors (Lipinski definition) is 0. The Morgan fingerprint density at radius 3 is 0.646 bits per heavy atom. The van der Waals surface area contributed by atoms with Gasteiger partial charge < -0.3 is 0 Å². The highest BCUT2D eigenvalue weighted by molar-refractivity contribution is 6.53. The average Bonchev–Trinajstić information content (AvgIpc) is 3.05. The van der Waals surface area contributed by atoms with Crippen molar-refractivity contribution in [2.24, 2.45) is 5.41 Å². The molecule has 0 nitrogen and oxygen atoms in total. The third-order valence-corrected chi connectivity index (χ3v) is 10.4. The van der Waals surface area contributed by atoms with Gasteiger partial charge in [0.2, 0.25) is 0 Å². The lowest BCUT2D eigenvalue weighted by molar-refractivity contribution is 0.320. The molecular weight excluding hydrogens is 764 g/mol. The van der Waals surface area contributed by atoms with E-state index >= 15 is 0 Å². The van der Waals surface area contributed by atoms with Crippen molar-refractivity contribution in [3.05, 3.63) is 0 Å². The smallest absolute Gasteiger partial charge is 0.105 e. The molecule has 0 N–H and O–H groups in total. The first-order valence-corrected chi connectivity index (χ1v) is 23.4. The molecule has 0 rings (SSSR count). The molecule has 0 saturated carbocycles. The molecule has 0 aromatic rings. The van der Waals surface area contributed by atoms with E-state index in [0.29, 0.717) is 6.42 Å². The minimum atomic E-state index is -0.934. The Hall–Kier alpha value is 2.32. The van der Waals surface area contributed by atoms with Crippen LogP contribution in [0, 0.1) is 5.41 Å². The molecule has 0 fully saturated rings. The molecule has 8 heteroatoms. The lowest BCUT2D eigenvalue weighted by Gasteiger charge is -2.37. The second-order valence-electron chi connectivity index (χ2n) is 12.5. The van der Waals surface area contributed by atoms with Crippen molar-refractivity contribution in [3.8, 4) is 0 Å². The number of rotatable bonds is 24. The van der Waals surface area contributed by atoms with Crippen molar-refractivity contribution in [2.45, 2.75) is 249 Å². The summed E-state index contributed by atoms with van der Waals surface area (Å²) in [4.78, 5) is -2.87. The highest BCUT2D eigenvalue weighted by Gasteiger charge is 2.47. The van der Waals surface area contributed by atoms with E-state index in [4.69, 9.17) is 92.8 Å². The van der Waals surface area contributed by atoms with Gasteiger partial charge in [0, 0.05) is 0 Å². The Labute approximate surface area is 344 Å². The van der Waals surface area contributed by atoms with Crippen molar-refractivity contribution in [1.82, 2.24) is 0 Å². The zero-order chi connectivity index (χ0) is 38.5. The molecule has 0 aromatic carbocycles. The minimum Gasteiger partial charge on any atom is -0.105 e. The highest BCUT2D eigenvalue weighted by atomic mass is 35.5. The molecule has 0 radical (unpaired) electrons. The fourth-order valence-corrected chi connectivity index (χ4v) is 7.27. The molecule has 0 saturated heterocycles. The van der Waals surface area contributed by atoms with Gasteiger partial charge in [0.1, 0.15) is 19.3 Å². The number of unbranched alkanes of at least 4 members (excludes halogenated alkanes) is 17. The van der Waals surface area contributed by atoms with Gasteiger partial charge in [-0.05, 0) is 12.8 Å². The SMILES string of the molecule is CCCCCC.CCCCCC.CCCCCC.CCCCCC.CCCCCC.ClC(Cl)CCCCCC(C(Cl)Cl)(C(Cl)Cl)C(Cl)Cl. The first-order valence-electron chi connectivity index (χ1n) is 19.9. The molecule has 0 aliphatic rings. The van der Waals surface area contributed by atoms with Crippen molar-refractivity contribution in [3.63, 3.8) is 0 Å². The first-order chi connectivity index (χ1) is 22.8. The minimum absolute atomic E-state index is 0.342. The Balaban J connectivity index is -0.000000122. The summed E-state index contributed by atoms with van der Waals surface area (Å²) in [6.45, 7) is 22.3. The van der Waals surface area contributed by atoms with Crippen molar-refractivity contribution < 1.29 is 0 Å². The standard InChI is InChI=1S/C10H14Cl8.5C6H14/c11-6(12)4-2-1-3-5-10(7(13)14,8(15)16)9(17)18;5*1-3-5-6-4-2/h6-9H,1-5H2;5*3-6H2,1-2H3. The second-order valence-corrected chi connectivity index (χ2v) is 17.1. The lowest BCUT2D eigenvalue weighted by atomic mass is 9.87. The molecular formula is C40H84Cl8. The normalized spacial score (nSPS) is 10.6. The van der Waals surface area contributed by atoms with Crippen LogP contribution in [0.1, 0.15) is 230 Å². The summed E-state index contributed by atoms with van der Waals surface area (Å²) in [5.74, 6) is 0. The molecule has 0 heterocycles. The monoisotopic (exact) mass is 844 g/mol. The largest absolute Gasteiger partial charge is 0.118 e. The maximum absolute atomic E-state index is 5.94. The van der Waals surface area contributed by atoms with Crippen LogP contribution in [-0.4, -0.2) is 19.3 Å². The van der Waals surface area contributed by atoms with E-state index in [2.05, 4.69) is 69.2 Å². The molecule has 0 aliphatic heterocycles. The van der Waals surface area contributed by atoms with Gasteiger partial charge in [-0.25, -0.2) is 0 Å². The number of hydrogen-bond donors (Lipinski definition) is 0. The molecule has 0 aromatic heterocycles. The van der Waals surface area contributed by atoms with Crippen LogP contribution in [0.3, 0.4) is 0 Å². The van der Waals surface area contributed by atoms with Gasteiger partial charge in [0.15, 0.2) is 0 Å². The Morgan fingerprint density at radius 2 is 0.500 bits per heavy atom. The van der Waals surface area contributed by atoms with E-state index in [1.54, 1.807) is 0 Å². The van der Waals surface area contributed by atoms with E-state index in [9.17, 15) is 0 Å². The summed E-state index contributed by atoms with van der Waals surface area (Å²) < 4.78 is 0. The Kier molecular flexibility index (Phi) is 72.8. The molecule has 0 spiro atoms. The second kappa shape index (κ2) is 56.1. The molecule has 0 aliphatic carbocycles. The maximum atomic E-state index is 5.94. The Morgan fingerprint density at radius 1 is 0.292 bits per heavy atom. The molecule has 0 unspecified atom stereocenters. The summed E-state index contributed by atoms with van der Waals surface area (Å²) in [6.07, 6.45) is 31.5.